The molecule has 2 atom stereocenters. The summed E-state index contributed by atoms with van der Waals surface area (Å²) in [6.07, 6.45) is 2.78. The Labute approximate surface area is 88.2 Å². The summed E-state index contributed by atoms with van der Waals surface area (Å²) in [5.74, 6) is 0. The zero-order chi connectivity index (χ0) is 10.6. The Morgan fingerprint density at radius 1 is 1.50 bits per heavy atom. The molecule has 0 spiro atoms. The average molecular weight is 211 g/mol. The lowest BCUT2D eigenvalue weighted by atomic mass is 10.2. The fourth-order valence-electron chi connectivity index (χ4n) is 1.15. The van der Waals surface area contributed by atoms with Gasteiger partial charge in [-0.2, -0.15) is 0 Å². The highest BCUT2D eigenvalue weighted by molar-refractivity contribution is 7.84. The molecule has 0 bridgehead atoms. The number of rotatable bonds is 4. The lowest BCUT2D eigenvalue weighted by Crippen LogP contribution is -2.13. The van der Waals surface area contributed by atoms with E-state index >= 15 is 0 Å². The topological polar surface area (TPSA) is 29.1 Å². The Morgan fingerprint density at radius 2 is 2.21 bits per heavy atom. The molecule has 2 nitrogen and oxygen atoms in total. The number of anilines is 1. The van der Waals surface area contributed by atoms with Gasteiger partial charge in [-0.05, 0) is 31.5 Å². The van der Waals surface area contributed by atoms with Crippen molar-refractivity contribution in [2.75, 3.05) is 11.6 Å². The maximum absolute atomic E-state index is 11.2. The number of hydrogen-bond acceptors (Lipinski definition) is 2. The van der Waals surface area contributed by atoms with E-state index in [0.29, 0.717) is 6.04 Å². The Kier molecular flexibility index (Phi) is 4.14. The molecule has 0 aliphatic carbocycles. The maximum atomic E-state index is 11.2. The van der Waals surface area contributed by atoms with Crippen molar-refractivity contribution in [3.63, 3.8) is 0 Å². The first-order chi connectivity index (χ1) is 6.63. The van der Waals surface area contributed by atoms with Crippen LogP contribution in [0.4, 0.5) is 5.69 Å². The predicted octanol–water partition coefficient (Wildman–Crippen LogP) is 2.63. The van der Waals surface area contributed by atoms with E-state index in [1.54, 1.807) is 6.26 Å². The first-order valence-corrected chi connectivity index (χ1v) is 6.39. The fourth-order valence-corrected chi connectivity index (χ4v) is 1.71. The molecule has 1 aromatic rings. The molecule has 1 N–H and O–H groups in total. The van der Waals surface area contributed by atoms with E-state index in [1.165, 1.54) is 0 Å². The molecule has 0 radical (unpaired) electrons. The number of hydrogen-bond donors (Lipinski definition) is 1. The minimum absolute atomic E-state index is 0.454. The second-order valence-corrected chi connectivity index (χ2v) is 4.82. The molecule has 0 fully saturated rings. The molecule has 2 unspecified atom stereocenters. The lowest BCUT2D eigenvalue weighted by Gasteiger charge is -2.13. The molecule has 0 aliphatic rings. The fraction of sp³-hybridized carbons (Fsp3) is 0.455. The molecule has 1 aromatic carbocycles. The standard InChI is InChI=1S/C11H17NOS/c1-4-9(2)12-10-6-5-7-11(8-10)14(3)13/h5-9,12H,4H2,1-3H3. The predicted molar refractivity (Wildman–Crippen MR) is 62.2 cm³/mol. The molecule has 78 valence electrons. The van der Waals surface area contributed by atoms with Crippen molar-refractivity contribution in [2.24, 2.45) is 0 Å². The van der Waals surface area contributed by atoms with E-state index in [1.807, 2.05) is 24.3 Å². The summed E-state index contributed by atoms with van der Waals surface area (Å²) in [6, 6.07) is 8.22. The van der Waals surface area contributed by atoms with Crippen LogP contribution in [-0.4, -0.2) is 16.5 Å². The minimum atomic E-state index is -0.896. The van der Waals surface area contributed by atoms with Crippen LogP contribution < -0.4 is 5.32 Å². The van der Waals surface area contributed by atoms with Crippen molar-refractivity contribution >= 4 is 16.5 Å². The van der Waals surface area contributed by atoms with Crippen molar-refractivity contribution in [2.45, 2.75) is 31.2 Å². The van der Waals surface area contributed by atoms with Crippen LogP contribution >= 0.6 is 0 Å². The van der Waals surface area contributed by atoms with Gasteiger partial charge in [0.15, 0.2) is 0 Å². The molecule has 3 heteroatoms. The van der Waals surface area contributed by atoms with E-state index < -0.39 is 10.8 Å². The lowest BCUT2D eigenvalue weighted by molar-refractivity contribution is 0.686. The monoisotopic (exact) mass is 211 g/mol. The SMILES string of the molecule is CCC(C)Nc1cccc(S(C)=O)c1. The van der Waals surface area contributed by atoms with Crippen LogP contribution in [0.1, 0.15) is 20.3 Å². The van der Waals surface area contributed by atoms with Gasteiger partial charge >= 0.3 is 0 Å². The van der Waals surface area contributed by atoms with E-state index in [2.05, 4.69) is 19.2 Å². The van der Waals surface area contributed by atoms with Gasteiger partial charge in [0.2, 0.25) is 0 Å². The molecule has 0 saturated carbocycles. The van der Waals surface area contributed by atoms with E-state index in [0.717, 1.165) is 17.0 Å². The van der Waals surface area contributed by atoms with Gasteiger partial charge in [-0.25, -0.2) is 0 Å². The summed E-state index contributed by atoms with van der Waals surface area (Å²) in [6.45, 7) is 4.27. The Hall–Kier alpha value is -0.830. The summed E-state index contributed by atoms with van der Waals surface area (Å²) < 4.78 is 11.2. The second-order valence-electron chi connectivity index (χ2n) is 3.44. The van der Waals surface area contributed by atoms with Crippen LogP contribution in [0.5, 0.6) is 0 Å². The molecular formula is C11H17NOS. The first kappa shape index (κ1) is 11.2. The number of benzene rings is 1. The highest BCUT2D eigenvalue weighted by Gasteiger charge is 2.01. The summed E-state index contributed by atoms with van der Waals surface area (Å²) in [5.41, 5.74) is 1.05. The van der Waals surface area contributed by atoms with Crippen LogP contribution in [0, 0.1) is 0 Å². The van der Waals surface area contributed by atoms with Crippen molar-refractivity contribution < 1.29 is 4.21 Å². The third kappa shape index (κ3) is 3.14. The summed E-state index contributed by atoms with van der Waals surface area (Å²) in [4.78, 5) is 0.873. The van der Waals surface area contributed by atoms with Gasteiger partial charge in [0.1, 0.15) is 0 Å². The Bertz CT molecular complexity index is 325. The minimum Gasteiger partial charge on any atom is -0.383 e. The molecule has 0 heterocycles. The van der Waals surface area contributed by atoms with Crippen LogP contribution in [0.15, 0.2) is 29.2 Å². The molecule has 0 aliphatic heterocycles. The molecule has 1 rings (SSSR count). The van der Waals surface area contributed by atoms with Gasteiger partial charge in [-0.15, -0.1) is 0 Å². The molecule has 0 amide bonds. The van der Waals surface area contributed by atoms with Gasteiger partial charge in [0.25, 0.3) is 0 Å². The third-order valence-electron chi connectivity index (χ3n) is 2.19. The quantitative estimate of drug-likeness (QED) is 0.829. The van der Waals surface area contributed by atoms with E-state index in [9.17, 15) is 4.21 Å². The smallest absolute Gasteiger partial charge is 0.0498 e. The second kappa shape index (κ2) is 5.15. The molecule has 0 saturated heterocycles. The van der Waals surface area contributed by atoms with E-state index in [-0.39, 0.29) is 0 Å². The third-order valence-corrected chi connectivity index (χ3v) is 3.11. The van der Waals surface area contributed by atoms with Gasteiger partial charge in [-0.3, -0.25) is 4.21 Å². The number of nitrogens with one attached hydrogen (secondary N) is 1. The summed E-state index contributed by atoms with van der Waals surface area (Å²) in [5, 5.41) is 3.35. The van der Waals surface area contributed by atoms with Crippen molar-refractivity contribution in [3.8, 4) is 0 Å². The highest BCUT2D eigenvalue weighted by atomic mass is 32.2. The molecular weight excluding hydrogens is 194 g/mol. The van der Waals surface area contributed by atoms with Crippen molar-refractivity contribution in [1.29, 1.82) is 0 Å². The molecule has 14 heavy (non-hydrogen) atoms. The van der Waals surface area contributed by atoms with Crippen LogP contribution in [0.2, 0.25) is 0 Å². The Morgan fingerprint density at radius 3 is 2.79 bits per heavy atom. The van der Waals surface area contributed by atoms with Crippen LogP contribution in [0.3, 0.4) is 0 Å². The van der Waals surface area contributed by atoms with Crippen molar-refractivity contribution in [3.05, 3.63) is 24.3 Å². The maximum Gasteiger partial charge on any atom is 0.0498 e. The van der Waals surface area contributed by atoms with Crippen molar-refractivity contribution in [1.82, 2.24) is 0 Å². The summed E-state index contributed by atoms with van der Waals surface area (Å²) in [7, 11) is -0.896. The molecule has 0 aromatic heterocycles. The highest BCUT2D eigenvalue weighted by Crippen LogP contribution is 2.14. The zero-order valence-corrected chi connectivity index (χ0v) is 9.73. The van der Waals surface area contributed by atoms with Gasteiger partial charge in [-0.1, -0.05) is 13.0 Å². The van der Waals surface area contributed by atoms with Crippen LogP contribution in [-0.2, 0) is 10.8 Å². The van der Waals surface area contributed by atoms with Gasteiger partial charge < -0.3 is 5.32 Å². The average Bonchev–Trinajstić information content (AvgIpc) is 2.18. The van der Waals surface area contributed by atoms with Gasteiger partial charge in [0, 0.05) is 33.7 Å². The zero-order valence-electron chi connectivity index (χ0n) is 8.91. The summed E-state index contributed by atoms with van der Waals surface area (Å²) >= 11 is 0. The largest absolute Gasteiger partial charge is 0.383 e. The van der Waals surface area contributed by atoms with Crippen LogP contribution in [0.25, 0.3) is 0 Å². The van der Waals surface area contributed by atoms with Gasteiger partial charge in [0.05, 0.1) is 0 Å². The Balaban J connectivity index is 2.78. The van der Waals surface area contributed by atoms with E-state index in [4.69, 9.17) is 0 Å². The first-order valence-electron chi connectivity index (χ1n) is 4.83. The normalized spacial score (nSPS) is 14.8.